The second kappa shape index (κ2) is 4.01. The second-order valence-electron chi connectivity index (χ2n) is 3.13. The van der Waals surface area contributed by atoms with Crippen molar-refractivity contribution in [2.75, 3.05) is 0 Å². The minimum atomic E-state index is -0.453. The zero-order chi connectivity index (χ0) is 11.7. The normalized spacial score (nSPS) is 10.4. The molecule has 0 bridgehead atoms. The van der Waals surface area contributed by atoms with Gasteiger partial charge in [0.2, 0.25) is 0 Å². The molecule has 0 spiro atoms. The molecule has 0 radical (unpaired) electrons. The van der Waals surface area contributed by atoms with Crippen molar-refractivity contribution in [3.05, 3.63) is 44.8 Å². The molecule has 0 saturated heterocycles. The van der Waals surface area contributed by atoms with Crippen LogP contribution in [0.1, 0.15) is 5.69 Å². The Hall–Kier alpha value is -1.76. The Labute approximate surface area is 99.2 Å². The Morgan fingerprint density at radius 2 is 2.25 bits per heavy atom. The lowest BCUT2D eigenvalue weighted by molar-refractivity contribution is -0.385. The number of aromatic nitrogens is 3. The molecule has 0 fully saturated rings. The summed E-state index contributed by atoms with van der Waals surface area (Å²) in [6.07, 6.45) is 3.35. The Kier molecular flexibility index (Phi) is 2.69. The first-order chi connectivity index (χ1) is 7.58. The fourth-order valence-corrected chi connectivity index (χ4v) is 1.57. The van der Waals surface area contributed by atoms with Crippen molar-refractivity contribution < 1.29 is 4.92 Å². The van der Waals surface area contributed by atoms with Crippen LogP contribution in [0, 0.1) is 17.0 Å². The number of nitro groups is 1. The summed E-state index contributed by atoms with van der Waals surface area (Å²) in [4.78, 5) is 14.3. The van der Waals surface area contributed by atoms with Gasteiger partial charge >= 0.3 is 0 Å². The number of hydrogen-bond donors (Lipinski definition) is 0. The highest BCUT2D eigenvalue weighted by Gasteiger charge is 2.12. The molecule has 2 aromatic rings. The summed E-state index contributed by atoms with van der Waals surface area (Å²) in [5, 5.41) is 14.6. The van der Waals surface area contributed by atoms with Crippen molar-refractivity contribution in [1.29, 1.82) is 0 Å². The molecule has 7 heteroatoms. The fourth-order valence-electron chi connectivity index (χ4n) is 1.29. The molecule has 2 aromatic heterocycles. The van der Waals surface area contributed by atoms with Crippen molar-refractivity contribution in [2.45, 2.75) is 6.92 Å². The zero-order valence-electron chi connectivity index (χ0n) is 8.29. The van der Waals surface area contributed by atoms with E-state index in [0.717, 1.165) is 4.47 Å². The molecule has 0 atom stereocenters. The SMILES string of the molecule is Cc1nc(-n2cc(Br)cn2)ccc1[N+](=O)[O-]. The largest absolute Gasteiger partial charge is 0.290 e. The number of halogens is 1. The Morgan fingerprint density at radius 1 is 1.50 bits per heavy atom. The molecule has 0 N–H and O–H groups in total. The van der Waals surface area contributed by atoms with Gasteiger partial charge in [0.1, 0.15) is 5.69 Å². The minimum absolute atomic E-state index is 0.00923. The van der Waals surface area contributed by atoms with Crippen molar-refractivity contribution in [1.82, 2.24) is 14.8 Å². The lowest BCUT2D eigenvalue weighted by Crippen LogP contribution is -2.01. The third kappa shape index (κ3) is 1.94. The quantitative estimate of drug-likeness (QED) is 0.625. The van der Waals surface area contributed by atoms with E-state index in [1.165, 1.54) is 6.07 Å². The molecule has 0 aliphatic heterocycles. The summed E-state index contributed by atoms with van der Waals surface area (Å²) < 4.78 is 2.37. The fraction of sp³-hybridized carbons (Fsp3) is 0.111. The minimum Gasteiger partial charge on any atom is -0.258 e. The molecular formula is C9H7BrN4O2. The average Bonchev–Trinajstić information content (AvgIpc) is 2.64. The van der Waals surface area contributed by atoms with Crippen molar-refractivity contribution >= 4 is 21.6 Å². The maximum absolute atomic E-state index is 10.6. The molecule has 2 heterocycles. The van der Waals surface area contributed by atoms with E-state index in [-0.39, 0.29) is 5.69 Å². The van der Waals surface area contributed by atoms with E-state index in [1.807, 2.05) is 0 Å². The third-order valence-electron chi connectivity index (χ3n) is 2.03. The van der Waals surface area contributed by atoms with Gasteiger partial charge < -0.3 is 0 Å². The number of rotatable bonds is 2. The molecule has 0 saturated carbocycles. The van der Waals surface area contributed by atoms with Gasteiger partial charge in [-0.3, -0.25) is 10.1 Å². The van der Waals surface area contributed by atoms with Crippen LogP contribution in [-0.2, 0) is 0 Å². The van der Waals surface area contributed by atoms with Gasteiger partial charge in [0, 0.05) is 12.3 Å². The van der Waals surface area contributed by atoms with E-state index in [4.69, 9.17) is 0 Å². The van der Waals surface area contributed by atoms with Gasteiger partial charge in [0.25, 0.3) is 5.69 Å². The highest BCUT2D eigenvalue weighted by molar-refractivity contribution is 9.10. The molecule has 82 valence electrons. The van der Waals surface area contributed by atoms with Gasteiger partial charge in [-0.1, -0.05) is 0 Å². The monoisotopic (exact) mass is 282 g/mol. The average molecular weight is 283 g/mol. The molecule has 2 rings (SSSR count). The number of nitrogens with zero attached hydrogens (tertiary/aromatic N) is 4. The highest BCUT2D eigenvalue weighted by atomic mass is 79.9. The predicted octanol–water partition coefficient (Wildman–Crippen LogP) is 2.25. The van der Waals surface area contributed by atoms with Gasteiger partial charge in [-0.25, -0.2) is 9.67 Å². The van der Waals surface area contributed by atoms with E-state index in [1.54, 1.807) is 30.1 Å². The predicted molar refractivity (Wildman–Crippen MR) is 60.5 cm³/mol. The summed E-state index contributed by atoms with van der Waals surface area (Å²) >= 11 is 3.27. The van der Waals surface area contributed by atoms with Crippen molar-refractivity contribution in [2.24, 2.45) is 0 Å². The van der Waals surface area contributed by atoms with Crippen LogP contribution in [0.2, 0.25) is 0 Å². The maximum Gasteiger partial charge on any atom is 0.290 e. The molecule has 0 aromatic carbocycles. The van der Waals surface area contributed by atoms with Gasteiger partial charge in [-0.15, -0.1) is 0 Å². The van der Waals surface area contributed by atoms with Crippen LogP contribution in [0.15, 0.2) is 29.0 Å². The number of aryl methyl sites for hydroxylation is 1. The zero-order valence-corrected chi connectivity index (χ0v) is 9.88. The van der Waals surface area contributed by atoms with Crippen LogP contribution in [0.3, 0.4) is 0 Å². The molecule has 0 aliphatic rings. The first-order valence-electron chi connectivity index (χ1n) is 4.40. The van der Waals surface area contributed by atoms with Crippen LogP contribution >= 0.6 is 15.9 Å². The van der Waals surface area contributed by atoms with Gasteiger partial charge in [0.05, 0.1) is 15.6 Å². The van der Waals surface area contributed by atoms with Gasteiger partial charge in [-0.05, 0) is 28.9 Å². The second-order valence-corrected chi connectivity index (χ2v) is 4.05. The first kappa shape index (κ1) is 10.7. The highest BCUT2D eigenvalue weighted by Crippen LogP contribution is 2.18. The number of pyridine rings is 1. The van der Waals surface area contributed by atoms with Crippen LogP contribution in [0.4, 0.5) is 5.69 Å². The van der Waals surface area contributed by atoms with E-state index < -0.39 is 4.92 Å². The lowest BCUT2D eigenvalue weighted by Gasteiger charge is -2.01. The first-order valence-corrected chi connectivity index (χ1v) is 5.20. The standard InChI is InChI=1S/C9H7BrN4O2/c1-6-8(14(15)16)2-3-9(12-6)13-5-7(10)4-11-13/h2-5H,1H3. The Morgan fingerprint density at radius 3 is 2.75 bits per heavy atom. The molecule has 6 nitrogen and oxygen atoms in total. The van der Waals surface area contributed by atoms with E-state index in [0.29, 0.717) is 11.5 Å². The van der Waals surface area contributed by atoms with Crippen LogP contribution in [-0.4, -0.2) is 19.7 Å². The molecule has 0 unspecified atom stereocenters. The Bertz CT molecular complexity index is 552. The van der Waals surface area contributed by atoms with Crippen molar-refractivity contribution in [3.8, 4) is 5.82 Å². The maximum atomic E-state index is 10.6. The smallest absolute Gasteiger partial charge is 0.258 e. The molecule has 0 amide bonds. The molecular weight excluding hydrogens is 276 g/mol. The summed E-state index contributed by atoms with van der Waals surface area (Å²) in [6.45, 7) is 1.60. The lowest BCUT2D eigenvalue weighted by atomic mass is 10.3. The van der Waals surface area contributed by atoms with Crippen LogP contribution in [0.25, 0.3) is 5.82 Å². The van der Waals surface area contributed by atoms with Gasteiger partial charge in [0.15, 0.2) is 5.82 Å². The van der Waals surface area contributed by atoms with E-state index in [2.05, 4.69) is 26.0 Å². The summed E-state index contributed by atoms with van der Waals surface area (Å²) in [7, 11) is 0. The topological polar surface area (TPSA) is 73.8 Å². The summed E-state index contributed by atoms with van der Waals surface area (Å²) in [5.74, 6) is 0.550. The molecule has 16 heavy (non-hydrogen) atoms. The van der Waals surface area contributed by atoms with Crippen molar-refractivity contribution in [3.63, 3.8) is 0 Å². The molecule has 0 aliphatic carbocycles. The van der Waals surface area contributed by atoms with Gasteiger partial charge in [-0.2, -0.15) is 5.10 Å². The Balaban J connectivity index is 2.45. The third-order valence-corrected chi connectivity index (χ3v) is 2.44. The summed E-state index contributed by atoms with van der Waals surface area (Å²) in [5.41, 5.74) is 0.379. The summed E-state index contributed by atoms with van der Waals surface area (Å²) in [6, 6.07) is 2.98. The number of hydrogen-bond acceptors (Lipinski definition) is 4. The van der Waals surface area contributed by atoms with E-state index >= 15 is 0 Å². The van der Waals surface area contributed by atoms with Crippen LogP contribution < -0.4 is 0 Å². The van der Waals surface area contributed by atoms with E-state index in [9.17, 15) is 10.1 Å². The van der Waals surface area contributed by atoms with Crippen LogP contribution in [0.5, 0.6) is 0 Å².